The van der Waals surface area contributed by atoms with Crippen molar-refractivity contribution in [2.75, 3.05) is 12.3 Å². The zero-order valence-electron chi connectivity index (χ0n) is 14.5. The Morgan fingerprint density at radius 3 is 2.65 bits per heavy atom. The van der Waals surface area contributed by atoms with Crippen molar-refractivity contribution in [2.45, 2.75) is 18.3 Å². The van der Waals surface area contributed by atoms with Crippen molar-refractivity contribution in [1.29, 1.82) is 0 Å². The van der Waals surface area contributed by atoms with E-state index in [2.05, 4.69) is 26.9 Å². The van der Waals surface area contributed by atoms with Gasteiger partial charge in [0.05, 0.1) is 12.3 Å². The van der Waals surface area contributed by atoms with Crippen molar-refractivity contribution in [3.05, 3.63) is 64.7 Å². The Balaban J connectivity index is 1.47. The highest BCUT2D eigenvalue weighted by Gasteiger charge is 2.07. The first-order chi connectivity index (χ1) is 12.7. The van der Waals surface area contributed by atoms with Crippen LogP contribution in [0.25, 0.3) is 0 Å². The third-order valence-corrected chi connectivity index (χ3v) is 5.22. The highest BCUT2D eigenvalue weighted by molar-refractivity contribution is 7.99. The minimum atomic E-state index is 0.464. The lowest BCUT2D eigenvalue weighted by atomic mass is 10.2. The van der Waals surface area contributed by atoms with Gasteiger partial charge in [0.2, 0.25) is 5.16 Å². The average Bonchev–Trinajstić information content (AvgIpc) is 3.06. The van der Waals surface area contributed by atoms with Gasteiger partial charge in [-0.25, -0.2) is 4.68 Å². The van der Waals surface area contributed by atoms with Crippen LogP contribution in [-0.4, -0.2) is 32.5 Å². The minimum absolute atomic E-state index is 0.464. The zero-order valence-corrected chi connectivity index (χ0v) is 16.1. The second-order valence-corrected chi connectivity index (χ2v) is 7.17. The topological polar surface area (TPSA) is 69.4 Å². The molecule has 3 rings (SSSR count). The van der Waals surface area contributed by atoms with Gasteiger partial charge in [-0.1, -0.05) is 53.7 Å². The van der Waals surface area contributed by atoms with Crippen LogP contribution in [0.15, 0.2) is 53.7 Å². The molecule has 136 valence electrons. The molecule has 6 nitrogen and oxygen atoms in total. The molecule has 0 saturated carbocycles. The molecule has 0 atom stereocenters. The Morgan fingerprint density at radius 2 is 1.88 bits per heavy atom. The molecule has 0 aliphatic carbocycles. The van der Waals surface area contributed by atoms with E-state index in [1.165, 1.54) is 5.56 Å². The van der Waals surface area contributed by atoms with Gasteiger partial charge < -0.3 is 10.1 Å². The number of tetrazole rings is 1. The summed E-state index contributed by atoms with van der Waals surface area (Å²) in [6.07, 6.45) is 0. The normalized spacial score (nSPS) is 10.8. The van der Waals surface area contributed by atoms with Gasteiger partial charge in [-0.3, -0.25) is 0 Å². The maximum absolute atomic E-state index is 6.20. The number of ether oxygens (including phenoxy) is 1. The fourth-order valence-electron chi connectivity index (χ4n) is 2.42. The second-order valence-electron chi connectivity index (χ2n) is 5.70. The molecule has 0 aliphatic heterocycles. The zero-order chi connectivity index (χ0) is 18.2. The molecule has 0 radical (unpaired) electrons. The third-order valence-electron chi connectivity index (χ3n) is 3.81. The fourth-order valence-corrected chi connectivity index (χ4v) is 3.39. The predicted molar refractivity (Wildman–Crippen MR) is 102 cm³/mol. The first-order valence-corrected chi connectivity index (χ1v) is 9.71. The van der Waals surface area contributed by atoms with Gasteiger partial charge >= 0.3 is 0 Å². The maximum atomic E-state index is 6.20. The predicted octanol–water partition coefficient (Wildman–Crippen LogP) is 2.30. The summed E-state index contributed by atoms with van der Waals surface area (Å²) < 4.78 is 7.68. The van der Waals surface area contributed by atoms with Crippen molar-refractivity contribution < 1.29 is 10.1 Å². The van der Waals surface area contributed by atoms with E-state index in [9.17, 15) is 0 Å². The summed E-state index contributed by atoms with van der Waals surface area (Å²) >= 11 is 7.85. The van der Waals surface area contributed by atoms with E-state index in [0.717, 1.165) is 40.3 Å². The first-order valence-electron chi connectivity index (χ1n) is 8.35. The Morgan fingerprint density at radius 1 is 1.12 bits per heavy atom. The van der Waals surface area contributed by atoms with E-state index in [1.54, 1.807) is 16.4 Å². The molecule has 0 aliphatic rings. The molecular formula is C18H21ClN5OS+. The number of nitrogens with zero attached hydrogens (tertiary/aromatic N) is 4. The van der Waals surface area contributed by atoms with E-state index in [1.807, 2.05) is 49.5 Å². The van der Waals surface area contributed by atoms with E-state index >= 15 is 0 Å². The van der Waals surface area contributed by atoms with Crippen LogP contribution in [0.5, 0.6) is 5.75 Å². The standard InChI is InChI=1S/C18H20ClN5OS/c1-24-18(21-22-23-24)26-11-10-20-12-14-6-3-5-9-17(14)25-13-15-7-2-4-8-16(15)19/h2-9,20H,10-13H2,1H3/p+1. The van der Waals surface area contributed by atoms with E-state index < -0.39 is 0 Å². The summed E-state index contributed by atoms with van der Waals surface area (Å²) in [5, 5.41) is 15.3. The first kappa shape index (κ1) is 18.7. The Hall–Kier alpha value is -2.09. The molecule has 0 unspecified atom stereocenters. The second kappa shape index (κ2) is 9.56. The van der Waals surface area contributed by atoms with E-state index in [4.69, 9.17) is 16.3 Å². The number of aryl methyl sites for hydroxylation is 1. The maximum Gasteiger partial charge on any atom is 0.209 e. The van der Waals surface area contributed by atoms with Crippen LogP contribution in [0.2, 0.25) is 5.02 Å². The average molecular weight is 391 g/mol. The van der Waals surface area contributed by atoms with Crippen LogP contribution in [0.1, 0.15) is 11.1 Å². The number of quaternary nitrogens is 1. The quantitative estimate of drug-likeness (QED) is 0.448. The highest BCUT2D eigenvalue weighted by atomic mass is 35.5. The summed E-state index contributed by atoms with van der Waals surface area (Å²) in [6, 6.07) is 15.9. The van der Waals surface area contributed by atoms with Crippen LogP contribution in [0.3, 0.4) is 0 Å². The van der Waals surface area contributed by atoms with Crippen LogP contribution in [0, 0.1) is 0 Å². The number of hydrogen-bond donors (Lipinski definition) is 1. The lowest BCUT2D eigenvalue weighted by Crippen LogP contribution is -2.83. The molecule has 0 amide bonds. The van der Waals surface area contributed by atoms with Gasteiger partial charge in [0.15, 0.2) is 0 Å². The van der Waals surface area contributed by atoms with Gasteiger partial charge in [0, 0.05) is 23.2 Å². The van der Waals surface area contributed by atoms with Crippen molar-refractivity contribution in [3.63, 3.8) is 0 Å². The van der Waals surface area contributed by atoms with E-state index in [0.29, 0.717) is 6.61 Å². The molecule has 0 spiro atoms. The molecule has 1 heterocycles. The molecule has 1 aromatic heterocycles. The van der Waals surface area contributed by atoms with Crippen molar-refractivity contribution in [1.82, 2.24) is 20.2 Å². The monoisotopic (exact) mass is 390 g/mol. The minimum Gasteiger partial charge on any atom is -0.488 e. The Labute approximate surface area is 161 Å². The molecule has 26 heavy (non-hydrogen) atoms. The lowest BCUT2D eigenvalue weighted by molar-refractivity contribution is -0.666. The van der Waals surface area contributed by atoms with Crippen molar-refractivity contribution in [3.8, 4) is 5.75 Å². The number of para-hydroxylation sites is 1. The molecule has 3 aromatic rings. The Bertz CT molecular complexity index is 842. The van der Waals surface area contributed by atoms with Gasteiger partial charge in [-0.2, -0.15) is 0 Å². The van der Waals surface area contributed by atoms with Gasteiger partial charge in [0.1, 0.15) is 18.9 Å². The van der Waals surface area contributed by atoms with Crippen molar-refractivity contribution >= 4 is 23.4 Å². The van der Waals surface area contributed by atoms with Gasteiger partial charge in [-0.05, 0) is 28.6 Å². The summed E-state index contributed by atoms with van der Waals surface area (Å²) in [6.45, 7) is 2.29. The number of aromatic nitrogens is 4. The molecule has 0 saturated heterocycles. The van der Waals surface area contributed by atoms with Gasteiger partial charge in [-0.15, -0.1) is 5.10 Å². The highest BCUT2D eigenvalue weighted by Crippen LogP contribution is 2.21. The number of nitrogens with two attached hydrogens (primary N) is 1. The SMILES string of the molecule is Cn1nnnc1SCC[NH2+]Cc1ccccc1OCc1ccccc1Cl. The van der Waals surface area contributed by atoms with Crippen LogP contribution >= 0.6 is 23.4 Å². The number of hydrogen-bond acceptors (Lipinski definition) is 5. The lowest BCUT2D eigenvalue weighted by Gasteiger charge is -2.11. The number of halogens is 1. The molecule has 0 fully saturated rings. The fraction of sp³-hybridized carbons (Fsp3) is 0.278. The third kappa shape index (κ3) is 5.20. The van der Waals surface area contributed by atoms with Crippen LogP contribution < -0.4 is 10.1 Å². The summed E-state index contributed by atoms with van der Waals surface area (Å²) in [5.41, 5.74) is 2.16. The Kier molecular flexibility index (Phi) is 6.88. The smallest absolute Gasteiger partial charge is 0.209 e. The largest absolute Gasteiger partial charge is 0.488 e. The van der Waals surface area contributed by atoms with Crippen LogP contribution in [0.4, 0.5) is 0 Å². The molecular weight excluding hydrogens is 370 g/mol. The van der Waals surface area contributed by atoms with Crippen molar-refractivity contribution in [2.24, 2.45) is 7.05 Å². The molecule has 0 bridgehead atoms. The number of benzene rings is 2. The molecule has 2 N–H and O–H groups in total. The van der Waals surface area contributed by atoms with Gasteiger partial charge in [0.25, 0.3) is 0 Å². The molecule has 2 aromatic carbocycles. The molecule has 8 heteroatoms. The summed E-state index contributed by atoms with van der Waals surface area (Å²) in [5.74, 6) is 1.84. The number of rotatable bonds is 9. The number of thioether (sulfide) groups is 1. The van der Waals surface area contributed by atoms with Crippen LogP contribution in [-0.2, 0) is 20.2 Å². The summed E-state index contributed by atoms with van der Waals surface area (Å²) in [4.78, 5) is 0. The van der Waals surface area contributed by atoms with E-state index in [-0.39, 0.29) is 0 Å². The summed E-state index contributed by atoms with van der Waals surface area (Å²) in [7, 11) is 1.85.